The highest BCUT2D eigenvalue weighted by molar-refractivity contribution is 5.82. The van der Waals surface area contributed by atoms with E-state index in [-0.39, 0.29) is 23.3 Å². The van der Waals surface area contributed by atoms with Crippen LogP contribution in [-0.4, -0.2) is 17.6 Å². The van der Waals surface area contributed by atoms with Crippen molar-refractivity contribution in [1.29, 1.82) is 0 Å². The minimum Gasteiger partial charge on any atom is -0.497 e. The van der Waals surface area contributed by atoms with Gasteiger partial charge in [0.15, 0.2) is 0 Å². The number of hydrogen-bond donors (Lipinski definition) is 0. The molecule has 0 saturated heterocycles. The van der Waals surface area contributed by atoms with Gasteiger partial charge in [0, 0.05) is 30.7 Å². The summed E-state index contributed by atoms with van der Waals surface area (Å²) in [6.45, 7) is 1.60. The third kappa shape index (κ3) is 2.71. The first-order valence-corrected chi connectivity index (χ1v) is 8.42. The maximum Gasteiger partial charge on any atom is 0.343 e. The van der Waals surface area contributed by atoms with Crippen molar-refractivity contribution in [2.75, 3.05) is 7.11 Å². The van der Waals surface area contributed by atoms with Crippen LogP contribution in [0.25, 0.3) is 10.9 Å². The Bertz CT molecular complexity index is 1200. The van der Waals surface area contributed by atoms with Crippen LogP contribution in [0.2, 0.25) is 0 Å². The Balaban J connectivity index is 1.99. The second-order valence-electron chi connectivity index (χ2n) is 6.54. The van der Waals surface area contributed by atoms with Gasteiger partial charge in [-0.15, -0.1) is 0 Å². The molecule has 4 rings (SSSR count). The van der Waals surface area contributed by atoms with Crippen molar-refractivity contribution in [3.05, 3.63) is 68.0 Å². The van der Waals surface area contributed by atoms with E-state index >= 15 is 0 Å². The number of fused-ring (bicyclic) bond motifs is 2. The van der Waals surface area contributed by atoms with Gasteiger partial charge in [-0.3, -0.25) is 9.59 Å². The fourth-order valence-corrected chi connectivity index (χ4v) is 3.54. The number of ether oxygens (including phenoxy) is 2. The van der Waals surface area contributed by atoms with Crippen LogP contribution in [0, 0.1) is 6.92 Å². The topological polar surface area (TPSA) is 87.7 Å². The van der Waals surface area contributed by atoms with Crippen LogP contribution in [0.15, 0.2) is 44.3 Å². The quantitative estimate of drug-likeness (QED) is 0.646. The average molecular weight is 367 g/mol. The molecule has 0 spiro atoms. The molecule has 0 radical (unpaired) electrons. The van der Waals surface area contributed by atoms with Gasteiger partial charge < -0.3 is 18.5 Å². The molecule has 138 valence electrons. The summed E-state index contributed by atoms with van der Waals surface area (Å²) >= 11 is 0. The molecule has 3 heterocycles. The Morgan fingerprint density at radius 1 is 1.15 bits per heavy atom. The van der Waals surface area contributed by atoms with Gasteiger partial charge in [-0.05, 0) is 30.5 Å². The average Bonchev–Trinajstić information content (AvgIpc) is 2.63. The lowest BCUT2D eigenvalue weighted by Gasteiger charge is -2.23. The maximum atomic E-state index is 13.0. The molecule has 0 N–H and O–H groups in total. The van der Waals surface area contributed by atoms with Crippen LogP contribution in [0.3, 0.4) is 0 Å². The highest BCUT2D eigenvalue weighted by Gasteiger charge is 2.34. The number of carbonyl (C=O) groups excluding carboxylic acids is 1. The number of pyridine rings is 1. The molecule has 7 nitrogen and oxygen atoms in total. The molecule has 7 heteroatoms. The van der Waals surface area contributed by atoms with E-state index in [0.29, 0.717) is 22.6 Å². The molecule has 0 saturated carbocycles. The first-order chi connectivity index (χ1) is 12.9. The third-order valence-corrected chi connectivity index (χ3v) is 4.85. The molecule has 1 aliphatic heterocycles. The van der Waals surface area contributed by atoms with Crippen molar-refractivity contribution in [2.24, 2.45) is 7.05 Å². The first-order valence-electron chi connectivity index (χ1n) is 8.42. The minimum absolute atomic E-state index is 0.0995. The molecule has 1 aliphatic rings. The molecular weight excluding hydrogens is 350 g/mol. The van der Waals surface area contributed by atoms with Gasteiger partial charge in [-0.1, -0.05) is 0 Å². The number of hydrogen-bond acceptors (Lipinski definition) is 6. The zero-order valence-electron chi connectivity index (χ0n) is 15.1. The van der Waals surface area contributed by atoms with Gasteiger partial charge in [0.25, 0.3) is 5.56 Å². The Labute approximate surface area is 153 Å². The molecule has 0 aliphatic carbocycles. The zero-order chi connectivity index (χ0) is 19.3. The summed E-state index contributed by atoms with van der Waals surface area (Å²) < 4.78 is 17.1. The molecule has 0 bridgehead atoms. The lowest BCUT2D eigenvalue weighted by Crippen LogP contribution is -2.31. The fourth-order valence-electron chi connectivity index (χ4n) is 3.54. The van der Waals surface area contributed by atoms with E-state index in [9.17, 15) is 14.4 Å². The predicted octanol–water partition coefficient (Wildman–Crippen LogP) is 2.25. The summed E-state index contributed by atoms with van der Waals surface area (Å²) in [7, 11) is 3.20. The van der Waals surface area contributed by atoms with Crippen LogP contribution >= 0.6 is 0 Å². The number of benzene rings is 1. The van der Waals surface area contributed by atoms with E-state index in [1.54, 1.807) is 39.3 Å². The normalized spacial score (nSPS) is 16.1. The van der Waals surface area contributed by atoms with Crippen molar-refractivity contribution in [2.45, 2.75) is 19.3 Å². The van der Waals surface area contributed by atoms with Gasteiger partial charge >= 0.3 is 11.6 Å². The van der Waals surface area contributed by atoms with Crippen molar-refractivity contribution < 1.29 is 18.7 Å². The summed E-state index contributed by atoms with van der Waals surface area (Å²) in [5.41, 5.74) is 0.354. The molecule has 1 atom stereocenters. The molecule has 2 aromatic heterocycles. The number of methoxy groups -OCH3 is 1. The van der Waals surface area contributed by atoms with Gasteiger partial charge in [0.2, 0.25) is 0 Å². The first kappa shape index (κ1) is 17.1. The molecular formula is C20H17NO6. The summed E-state index contributed by atoms with van der Waals surface area (Å²) in [6.07, 6.45) is -0.0995. The largest absolute Gasteiger partial charge is 0.497 e. The van der Waals surface area contributed by atoms with Crippen molar-refractivity contribution in [3.8, 4) is 11.5 Å². The van der Waals surface area contributed by atoms with E-state index < -0.39 is 17.5 Å². The standard InChI is InChI=1S/C20H17NO6/c1-10-6-16-18(20(24)26-10)13(9-17(22)27-16)14-7-11-4-5-12(25-3)8-15(11)21(2)19(14)23/h4-8,13H,9H2,1-3H3/t13-/m0/s1. The highest BCUT2D eigenvalue weighted by atomic mass is 16.5. The molecule has 0 unspecified atom stereocenters. The van der Waals surface area contributed by atoms with Gasteiger partial charge in [-0.2, -0.15) is 0 Å². The fraction of sp³-hybridized carbons (Fsp3) is 0.250. The Kier molecular flexibility index (Phi) is 3.87. The summed E-state index contributed by atoms with van der Waals surface area (Å²) in [5, 5.41) is 0.796. The van der Waals surface area contributed by atoms with Crippen LogP contribution in [0.4, 0.5) is 0 Å². The smallest absolute Gasteiger partial charge is 0.343 e. The lowest BCUT2D eigenvalue weighted by atomic mass is 9.87. The number of aromatic nitrogens is 1. The minimum atomic E-state index is -0.719. The predicted molar refractivity (Wildman–Crippen MR) is 97.6 cm³/mol. The van der Waals surface area contributed by atoms with E-state index in [0.717, 1.165) is 5.39 Å². The lowest BCUT2D eigenvalue weighted by molar-refractivity contribution is -0.135. The molecule has 0 amide bonds. The third-order valence-electron chi connectivity index (χ3n) is 4.85. The van der Waals surface area contributed by atoms with E-state index in [1.165, 1.54) is 10.6 Å². The number of esters is 1. The number of aryl methyl sites for hydroxylation is 2. The van der Waals surface area contributed by atoms with Gasteiger partial charge in [0.1, 0.15) is 17.3 Å². The van der Waals surface area contributed by atoms with E-state index in [4.69, 9.17) is 13.9 Å². The van der Waals surface area contributed by atoms with Crippen molar-refractivity contribution in [1.82, 2.24) is 4.57 Å². The van der Waals surface area contributed by atoms with Crippen LogP contribution in [0.5, 0.6) is 11.5 Å². The summed E-state index contributed by atoms with van der Waals surface area (Å²) in [5.74, 6) is -0.0850. The number of carbonyl (C=O) groups is 1. The van der Waals surface area contributed by atoms with Crippen LogP contribution < -0.4 is 20.7 Å². The van der Waals surface area contributed by atoms with Gasteiger partial charge in [-0.25, -0.2) is 4.79 Å². The summed E-state index contributed by atoms with van der Waals surface area (Å²) in [6, 6.07) is 8.59. The Morgan fingerprint density at radius 2 is 1.93 bits per heavy atom. The van der Waals surface area contributed by atoms with Crippen LogP contribution in [0.1, 0.15) is 29.2 Å². The highest BCUT2D eigenvalue weighted by Crippen LogP contribution is 2.36. The monoisotopic (exact) mass is 367 g/mol. The Morgan fingerprint density at radius 3 is 2.67 bits per heavy atom. The van der Waals surface area contributed by atoms with Crippen LogP contribution in [-0.2, 0) is 11.8 Å². The number of nitrogens with zero attached hydrogens (tertiary/aromatic N) is 1. The SMILES string of the molecule is COc1ccc2cc([C@@H]3CC(=O)Oc4cc(C)oc(=O)c43)c(=O)n(C)c2c1. The molecule has 27 heavy (non-hydrogen) atoms. The summed E-state index contributed by atoms with van der Waals surface area (Å²) in [4.78, 5) is 37.5. The van der Waals surface area contributed by atoms with E-state index in [1.807, 2.05) is 6.07 Å². The molecule has 1 aromatic carbocycles. The second-order valence-corrected chi connectivity index (χ2v) is 6.54. The molecule has 0 fully saturated rings. The van der Waals surface area contributed by atoms with Crippen molar-refractivity contribution >= 4 is 16.9 Å². The van der Waals surface area contributed by atoms with Crippen molar-refractivity contribution in [3.63, 3.8) is 0 Å². The number of rotatable bonds is 2. The Hall–Kier alpha value is -3.35. The molecule has 3 aromatic rings. The second kappa shape index (κ2) is 6.12. The zero-order valence-corrected chi connectivity index (χ0v) is 15.1. The van der Waals surface area contributed by atoms with E-state index in [2.05, 4.69) is 0 Å². The maximum absolute atomic E-state index is 13.0. The van der Waals surface area contributed by atoms with Gasteiger partial charge in [0.05, 0.1) is 24.6 Å².